The molecule has 0 atom stereocenters. The number of nitrogens with zero attached hydrogens (tertiary/aromatic N) is 1. The van der Waals surface area contributed by atoms with Crippen LogP contribution in [0.1, 0.15) is 133 Å². The van der Waals surface area contributed by atoms with Gasteiger partial charge in [-0.05, 0) is 54.9 Å². The van der Waals surface area contributed by atoms with Crippen molar-refractivity contribution in [2.45, 2.75) is 105 Å². The number of ether oxygens (including phenoxy) is 2. The quantitative estimate of drug-likeness (QED) is 0.202. The second-order valence-electron chi connectivity index (χ2n) is 13.2. The summed E-state index contributed by atoms with van der Waals surface area (Å²) in [6.07, 6.45) is 9.27. The van der Waals surface area contributed by atoms with Crippen molar-refractivity contribution in [1.82, 2.24) is 0 Å². The van der Waals surface area contributed by atoms with E-state index in [1.807, 2.05) is 6.20 Å². The van der Waals surface area contributed by atoms with E-state index in [9.17, 15) is 0 Å². The van der Waals surface area contributed by atoms with Crippen LogP contribution in [0.5, 0.6) is 0 Å². The fraction of sp³-hybridized carbons (Fsp3) is 0.488. The summed E-state index contributed by atoms with van der Waals surface area (Å²) in [4.78, 5) is 3.70. The molecule has 0 bridgehead atoms. The number of para-hydroxylation sites is 2. The van der Waals surface area contributed by atoms with Crippen LogP contribution in [0.4, 0.5) is 11.4 Å². The predicted molar refractivity (Wildman–Crippen MR) is 193 cm³/mol. The van der Waals surface area contributed by atoms with E-state index in [0.717, 1.165) is 43.3 Å². The van der Waals surface area contributed by atoms with Crippen LogP contribution < -0.4 is 23.9 Å². The van der Waals surface area contributed by atoms with E-state index < -0.39 is 0 Å². The van der Waals surface area contributed by atoms with Gasteiger partial charge in [0.1, 0.15) is 0 Å². The Bertz CT molecular complexity index is 1260. The van der Waals surface area contributed by atoms with Crippen molar-refractivity contribution in [2.75, 3.05) is 26.4 Å². The first-order valence-electron chi connectivity index (χ1n) is 17.2. The Labute approximate surface area is 292 Å². The summed E-state index contributed by atoms with van der Waals surface area (Å²) in [5.74, 6) is 1.69. The Morgan fingerprint density at radius 1 is 0.587 bits per heavy atom. The Balaban J connectivity index is 0.000000565. The van der Waals surface area contributed by atoms with Crippen LogP contribution >= 0.6 is 0 Å². The molecule has 0 amide bonds. The summed E-state index contributed by atoms with van der Waals surface area (Å²) in [5, 5.41) is 5.12. The second kappa shape index (κ2) is 21.3. The minimum absolute atomic E-state index is 0. The van der Waals surface area contributed by atoms with E-state index in [2.05, 4.69) is 133 Å². The maximum Gasteiger partial charge on any atom is 1.00 e. The molecule has 0 aliphatic carbocycles. The molecule has 0 radical (unpaired) electrons. The first kappa shape index (κ1) is 39.6. The minimum atomic E-state index is 0. The van der Waals surface area contributed by atoms with Crippen LogP contribution in [0.25, 0.3) is 10.9 Å². The third-order valence-corrected chi connectivity index (χ3v) is 8.18. The van der Waals surface area contributed by atoms with Gasteiger partial charge in [0.05, 0.1) is 0 Å². The van der Waals surface area contributed by atoms with Crippen molar-refractivity contribution >= 4 is 23.2 Å². The molecular weight excluding hydrogens is 559 g/mol. The van der Waals surface area contributed by atoms with Gasteiger partial charge in [-0.15, -0.1) is 5.69 Å². The number of allylic oxidation sites excluding steroid dienone is 1. The fourth-order valence-electron chi connectivity index (χ4n) is 5.51. The zero-order valence-electron chi connectivity index (χ0n) is 30.2. The maximum atomic E-state index is 5.12. The molecule has 2 aliphatic heterocycles. The zero-order chi connectivity index (χ0) is 32.6. The molecule has 2 heterocycles. The third-order valence-electron chi connectivity index (χ3n) is 8.18. The second-order valence-corrected chi connectivity index (χ2v) is 13.2. The summed E-state index contributed by atoms with van der Waals surface area (Å²) < 4.78 is 9.89. The van der Waals surface area contributed by atoms with E-state index in [1.165, 1.54) is 53.6 Å². The standard InChI is InChI=1S/C33H41N2.2C4H8O.Li/c1-22(2)28-16-12-17-29(23(3)4)32(28)34-20-27(26-14-10-9-11-15-26)21-35-33-30(24(5)6)18-13-19-31(33)25(7)8;2*1-2-4-5-3-1;/h9-25H,1-8H3;2*1-4H2;/q-1;;;+1/p+1/b27-20+,35-21?;;;. The van der Waals surface area contributed by atoms with Crippen LogP contribution in [0.3, 0.4) is 0 Å². The van der Waals surface area contributed by atoms with E-state index in [1.54, 1.807) is 0 Å². The van der Waals surface area contributed by atoms with Gasteiger partial charge in [0.2, 0.25) is 5.69 Å². The topological polar surface area (TPSA) is 46.5 Å². The van der Waals surface area contributed by atoms with Gasteiger partial charge in [-0.25, -0.2) is 4.99 Å². The van der Waals surface area contributed by atoms with Gasteiger partial charge in [0.15, 0.2) is 6.21 Å². The van der Waals surface area contributed by atoms with Gasteiger partial charge in [0, 0.05) is 43.1 Å². The number of hydrogen-bond acceptors (Lipinski definition) is 2. The average Bonchev–Trinajstić information content (AvgIpc) is 3.81. The molecule has 2 aliphatic rings. The predicted octanol–water partition coefficient (Wildman–Crippen LogP) is 7.31. The summed E-state index contributed by atoms with van der Waals surface area (Å²) in [6.45, 7) is 22.0. The molecule has 0 unspecified atom stereocenters. The van der Waals surface area contributed by atoms with Crippen molar-refractivity contribution in [1.29, 1.82) is 0 Å². The van der Waals surface area contributed by atoms with Crippen molar-refractivity contribution in [3.05, 3.63) is 106 Å². The van der Waals surface area contributed by atoms with E-state index in [4.69, 9.17) is 14.8 Å². The summed E-state index contributed by atoms with van der Waals surface area (Å²) in [7, 11) is 0. The normalized spacial score (nSPS) is 14.7. The molecule has 2 saturated heterocycles. The van der Waals surface area contributed by atoms with E-state index in [0.29, 0.717) is 23.7 Å². The smallest absolute Gasteiger partial charge is 0.663 e. The van der Waals surface area contributed by atoms with Gasteiger partial charge in [-0.2, -0.15) is 6.20 Å². The molecule has 5 heteroatoms. The van der Waals surface area contributed by atoms with Crippen molar-refractivity contribution in [3.8, 4) is 0 Å². The van der Waals surface area contributed by atoms with E-state index in [-0.39, 0.29) is 18.9 Å². The van der Waals surface area contributed by atoms with Gasteiger partial charge < -0.3 is 14.8 Å². The zero-order valence-corrected chi connectivity index (χ0v) is 30.2. The first-order chi connectivity index (χ1) is 21.7. The Hall–Kier alpha value is -2.61. The summed E-state index contributed by atoms with van der Waals surface area (Å²) in [6, 6.07) is 23.7. The molecule has 4 nitrogen and oxygen atoms in total. The largest absolute Gasteiger partial charge is 1.00 e. The van der Waals surface area contributed by atoms with Gasteiger partial charge in [-0.3, -0.25) is 0 Å². The average molecular weight is 618 g/mol. The molecule has 46 heavy (non-hydrogen) atoms. The van der Waals surface area contributed by atoms with Crippen molar-refractivity contribution in [2.24, 2.45) is 0 Å². The Morgan fingerprint density at radius 2 is 1.00 bits per heavy atom. The van der Waals surface area contributed by atoms with Crippen LogP contribution in [0, 0.1) is 0 Å². The number of benzene rings is 3. The number of nitrogens with one attached hydrogen (secondary N) is 1. The SMILES string of the molecule is C1CCOC1.C1CCOC1.CC(C)c1cccc(C(C)C)c1[N-]/C=C(\C=[NH+]c1c(C(C)C)cccc1C(C)C)c1ccccc1.[Li+]. The van der Waals surface area contributed by atoms with Crippen LogP contribution in [0.2, 0.25) is 0 Å². The Morgan fingerprint density at radius 3 is 1.37 bits per heavy atom. The van der Waals surface area contributed by atoms with E-state index >= 15 is 0 Å². The van der Waals surface area contributed by atoms with Crippen LogP contribution in [-0.2, 0) is 9.47 Å². The Kier molecular flexibility index (Phi) is 18.3. The minimum Gasteiger partial charge on any atom is -0.663 e. The third kappa shape index (κ3) is 12.5. The summed E-state index contributed by atoms with van der Waals surface area (Å²) >= 11 is 0. The van der Waals surface area contributed by atoms with Gasteiger partial charge in [0.25, 0.3) is 0 Å². The van der Waals surface area contributed by atoms with Crippen LogP contribution in [-0.4, -0.2) is 32.6 Å². The molecular formula is C41H58LiN2O2+. The van der Waals surface area contributed by atoms with Crippen LogP contribution in [0.15, 0.2) is 72.9 Å². The number of rotatable bonds is 9. The molecule has 1 N–H and O–H groups in total. The molecule has 0 aromatic heterocycles. The molecule has 5 rings (SSSR count). The molecule has 3 aromatic rings. The summed E-state index contributed by atoms with van der Waals surface area (Å²) in [5.41, 5.74) is 9.78. The molecule has 244 valence electrons. The van der Waals surface area contributed by atoms with Gasteiger partial charge in [-0.1, -0.05) is 133 Å². The molecule has 2 fully saturated rings. The monoisotopic (exact) mass is 617 g/mol. The fourth-order valence-corrected chi connectivity index (χ4v) is 5.51. The van der Waals surface area contributed by atoms with Crippen molar-refractivity contribution in [3.63, 3.8) is 0 Å². The van der Waals surface area contributed by atoms with Crippen molar-refractivity contribution < 1.29 is 33.3 Å². The van der Waals surface area contributed by atoms with Gasteiger partial charge >= 0.3 is 18.9 Å². The maximum absolute atomic E-state index is 5.12. The molecule has 3 aromatic carbocycles. The number of hydrogen-bond donors (Lipinski definition) is 1. The first-order valence-corrected chi connectivity index (χ1v) is 17.2. The molecule has 0 spiro atoms. The molecule has 0 saturated carbocycles.